The molecule has 0 spiro atoms. The Balaban J connectivity index is 1.54. The van der Waals surface area contributed by atoms with Gasteiger partial charge in [-0.25, -0.2) is 9.37 Å². The quantitative estimate of drug-likeness (QED) is 0.462. The summed E-state index contributed by atoms with van der Waals surface area (Å²) in [5, 5.41) is 1.49. The maximum atomic E-state index is 14.0. The number of fused-ring (bicyclic) bond motifs is 3. The summed E-state index contributed by atoms with van der Waals surface area (Å²) in [6, 6.07) is 7.57. The number of hydrogen-bond acceptors (Lipinski definition) is 6. The van der Waals surface area contributed by atoms with Gasteiger partial charge in [0.25, 0.3) is 17.7 Å². The smallest absolute Gasteiger partial charge is 0.282 e. The van der Waals surface area contributed by atoms with Gasteiger partial charge in [0.15, 0.2) is 5.13 Å². The van der Waals surface area contributed by atoms with E-state index in [9.17, 15) is 18.8 Å². The topological polar surface area (TPSA) is 97.2 Å². The van der Waals surface area contributed by atoms with Gasteiger partial charge in [0.2, 0.25) is 0 Å². The number of benzene rings is 1. The molecule has 8 nitrogen and oxygen atoms in total. The second kappa shape index (κ2) is 7.59. The van der Waals surface area contributed by atoms with Gasteiger partial charge in [-0.15, -0.1) is 0 Å². The molecule has 0 radical (unpaired) electrons. The molecule has 1 aliphatic heterocycles. The molecule has 10 heteroatoms. The summed E-state index contributed by atoms with van der Waals surface area (Å²) in [6.45, 7) is 5.37. The van der Waals surface area contributed by atoms with E-state index in [0.29, 0.717) is 27.0 Å². The van der Waals surface area contributed by atoms with Gasteiger partial charge in [0.1, 0.15) is 10.7 Å². The minimum absolute atomic E-state index is 0.0440. The van der Waals surface area contributed by atoms with Crippen LogP contribution in [-0.2, 0) is 0 Å². The lowest BCUT2D eigenvalue weighted by atomic mass is 9.97. The van der Waals surface area contributed by atoms with Crippen molar-refractivity contribution in [1.29, 1.82) is 0 Å². The first kappa shape index (κ1) is 21.0. The third-order valence-corrected chi connectivity index (χ3v) is 6.56. The van der Waals surface area contributed by atoms with Crippen LogP contribution >= 0.6 is 11.3 Å². The van der Waals surface area contributed by atoms with E-state index in [0.717, 1.165) is 11.3 Å². The van der Waals surface area contributed by atoms with E-state index in [-0.39, 0.29) is 27.3 Å². The first-order valence-electron chi connectivity index (χ1n) is 10.2. The molecule has 1 N–H and O–H groups in total. The van der Waals surface area contributed by atoms with Gasteiger partial charge in [-0.05, 0) is 43.2 Å². The Morgan fingerprint density at radius 3 is 2.48 bits per heavy atom. The van der Waals surface area contributed by atoms with Crippen LogP contribution in [0, 0.1) is 12.7 Å². The maximum absolute atomic E-state index is 14.0. The van der Waals surface area contributed by atoms with Crippen molar-refractivity contribution in [2.75, 3.05) is 0 Å². The maximum Gasteiger partial charge on any atom is 0.282 e. The molecule has 0 saturated carbocycles. The van der Waals surface area contributed by atoms with Crippen LogP contribution in [0.5, 0.6) is 0 Å². The third-order valence-electron chi connectivity index (χ3n) is 5.39. The van der Waals surface area contributed by atoms with Gasteiger partial charge in [-0.2, -0.15) is 5.01 Å². The highest BCUT2D eigenvalue weighted by Crippen LogP contribution is 2.34. The van der Waals surface area contributed by atoms with E-state index in [2.05, 4.69) is 15.4 Å². The number of halogens is 1. The van der Waals surface area contributed by atoms with E-state index >= 15 is 0 Å². The molecule has 0 fully saturated rings. The van der Waals surface area contributed by atoms with Crippen molar-refractivity contribution < 1.29 is 18.8 Å². The Hall–Kier alpha value is -3.92. The van der Waals surface area contributed by atoms with Gasteiger partial charge in [-0.1, -0.05) is 25.2 Å². The lowest BCUT2D eigenvalue weighted by molar-refractivity contribution is 0.0519. The summed E-state index contributed by atoms with van der Waals surface area (Å²) in [5.74, 6) is -2.78. The summed E-state index contributed by atoms with van der Waals surface area (Å²) in [4.78, 5) is 48.7. The average molecular weight is 463 g/mol. The summed E-state index contributed by atoms with van der Waals surface area (Å²) in [5.41, 5.74) is 3.84. The molecule has 0 atom stereocenters. The van der Waals surface area contributed by atoms with Gasteiger partial charge in [-0.3, -0.25) is 24.8 Å². The highest BCUT2D eigenvalue weighted by molar-refractivity contribution is 7.16. The number of hydrazine groups is 1. The Bertz CT molecular complexity index is 1460. The standard InChI is InChI=1S/C23H18FN5O3S/c1-11(2)18-17-16(14-10-13(24)6-7-15(14)26-18)21(31)29(22(17)32)27-20(30)19-12(3)25-23(33-19)28-8-4-5-9-28/h4-11H,1-3H3,(H,27,30). The van der Waals surface area contributed by atoms with Crippen LogP contribution in [0.25, 0.3) is 16.0 Å². The molecule has 3 aromatic heterocycles. The van der Waals surface area contributed by atoms with Crippen LogP contribution in [0.2, 0.25) is 0 Å². The highest BCUT2D eigenvalue weighted by atomic mass is 32.1. The number of thiazole rings is 1. The van der Waals surface area contributed by atoms with E-state index in [1.807, 2.05) is 26.0 Å². The van der Waals surface area contributed by atoms with Gasteiger partial charge >= 0.3 is 0 Å². The Kier molecular flexibility index (Phi) is 4.82. The van der Waals surface area contributed by atoms with Crippen molar-refractivity contribution in [2.24, 2.45) is 0 Å². The van der Waals surface area contributed by atoms with E-state index < -0.39 is 23.5 Å². The lowest BCUT2D eigenvalue weighted by Crippen LogP contribution is -2.45. The lowest BCUT2D eigenvalue weighted by Gasteiger charge is -2.14. The molecular formula is C23H18FN5O3S. The third kappa shape index (κ3) is 3.30. The summed E-state index contributed by atoms with van der Waals surface area (Å²) < 4.78 is 15.7. The minimum atomic E-state index is -0.726. The van der Waals surface area contributed by atoms with Crippen LogP contribution in [0.3, 0.4) is 0 Å². The van der Waals surface area contributed by atoms with Crippen molar-refractivity contribution in [2.45, 2.75) is 26.7 Å². The summed E-state index contributed by atoms with van der Waals surface area (Å²) in [6.07, 6.45) is 3.60. The van der Waals surface area contributed by atoms with Crippen molar-refractivity contribution in [3.05, 3.63) is 75.9 Å². The molecule has 4 aromatic rings. The fourth-order valence-electron chi connectivity index (χ4n) is 3.85. The van der Waals surface area contributed by atoms with Gasteiger partial charge < -0.3 is 4.57 Å². The normalized spacial score (nSPS) is 13.3. The fraction of sp³-hybridized carbons (Fsp3) is 0.174. The zero-order chi connectivity index (χ0) is 23.4. The number of carbonyl (C=O) groups excluding carboxylic acids is 3. The number of rotatable bonds is 4. The Morgan fingerprint density at radius 1 is 1.09 bits per heavy atom. The highest BCUT2D eigenvalue weighted by Gasteiger charge is 2.42. The SMILES string of the molecule is Cc1nc(-n2cccc2)sc1C(=O)NN1C(=O)c2c(C(C)C)nc3ccc(F)cc3c2C1=O. The van der Waals surface area contributed by atoms with Crippen LogP contribution in [0.1, 0.15) is 61.5 Å². The minimum Gasteiger partial charge on any atom is -0.300 e. The van der Waals surface area contributed by atoms with Gasteiger partial charge in [0, 0.05) is 17.8 Å². The second-order valence-corrected chi connectivity index (χ2v) is 8.93. The molecular weight excluding hydrogens is 445 g/mol. The van der Waals surface area contributed by atoms with Crippen LogP contribution in [0.4, 0.5) is 4.39 Å². The molecule has 5 rings (SSSR count). The van der Waals surface area contributed by atoms with Crippen LogP contribution in [-0.4, -0.2) is 37.3 Å². The Morgan fingerprint density at radius 2 is 1.79 bits per heavy atom. The number of hydrogen-bond donors (Lipinski definition) is 1. The fourth-order valence-corrected chi connectivity index (χ4v) is 4.77. The number of aromatic nitrogens is 3. The average Bonchev–Trinajstić information content (AvgIpc) is 3.49. The molecule has 4 heterocycles. The first-order chi connectivity index (χ1) is 15.8. The zero-order valence-corrected chi connectivity index (χ0v) is 18.7. The number of nitrogens with zero attached hydrogens (tertiary/aromatic N) is 4. The van der Waals surface area contributed by atoms with E-state index in [4.69, 9.17) is 0 Å². The molecule has 0 bridgehead atoms. The van der Waals surface area contributed by atoms with Crippen molar-refractivity contribution in [3.63, 3.8) is 0 Å². The van der Waals surface area contributed by atoms with Crippen molar-refractivity contribution >= 4 is 40.0 Å². The largest absolute Gasteiger partial charge is 0.300 e. The van der Waals surface area contributed by atoms with Crippen molar-refractivity contribution in [3.8, 4) is 5.13 Å². The molecule has 166 valence electrons. The number of aryl methyl sites for hydroxylation is 1. The molecule has 0 saturated heterocycles. The number of imide groups is 1. The summed E-state index contributed by atoms with van der Waals surface area (Å²) >= 11 is 1.14. The first-order valence-corrected chi connectivity index (χ1v) is 11.0. The van der Waals surface area contributed by atoms with Gasteiger partial charge in [0.05, 0.1) is 28.0 Å². The molecule has 0 unspecified atom stereocenters. The molecule has 0 aliphatic carbocycles. The zero-order valence-electron chi connectivity index (χ0n) is 17.9. The number of pyridine rings is 1. The van der Waals surface area contributed by atoms with E-state index in [1.165, 1.54) is 18.2 Å². The predicted octanol–water partition coefficient (Wildman–Crippen LogP) is 3.99. The second-order valence-electron chi connectivity index (χ2n) is 7.95. The molecule has 3 amide bonds. The van der Waals surface area contributed by atoms with Crippen LogP contribution in [0.15, 0.2) is 42.7 Å². The molecule has 1 aromatic carbocycles. The monoisotopic (exact) mass is 463 g/mol. The van der Waals surface area contributed by atoms with E-state index in [1.54, 1.807) is 23.9 Å². The van der Waals surface area contributed by atoms with Crippen molar-refractivity contribution in [1.82, 2.24) is 25.0 Å². The number of nitrogens with one attached hydrogen (secondary N) is 1. The molecule has 1 aliphatic rings. The summed E-state index contributed by atoms with van der Waals surface area (Å²) in [7, 11) is 0. The Labute approximate surface area is 191 Å². The molecule has 33 heavy (non-hydrogen) atoms. The predicted molar refractivity (Wildman–Crippen MR) is 120 cm³/mol. The number of carbonyl (C=O) groups is 3. The van der Waals surface area contributed by atoms with Crippen LogP contribution < -0.4 is 5.43 Å². The number of amides is 3.